The lowest BCUT2D eigenvalue weighted by atomic mass is 10.1. The highest BCUT2D eigenvalue weighted by Gasteiger charge is 2.38. The van der Waals surface area contributed by atoms with E-state index >= 15 is 0 Å². The molecule has 22 heavy (non-hydrogen) atoms. The van der Waals surface area contributed by atoms with Crippen LogP contribution in [0.2, 0.25) is 0 Å². The average molecular weight is 362 g/mol. The molecule has 1 aromatic carbocycles. The molecule has 1 saturated heterocycles. The van der Waals surface area contributed by atoms with Gasteiger partial charge >= 0.3 is 0 Å². The van der Waals surface area contributed by atoms with Gasteiger partial charge in [-0.3, -0.25) is 4.79 Å². The summed E-state index contributed by atoms with van der Waals surface area (Å²) in [7, 11) is -2.05. The quantitative estimate of drug-likeness (QED) is 0.754. The van der Waals surface area contributed by atoms with Gasteiger partial charge < -0.3 is 4.90 Å². The molecule has 3 rings (SSSR count). The summed E-state index contributed by atoms with van der Waals surface area (Å²) in [5.41, 5.74) is 0.764. The van der Waals surface area contributed by atoms with Gasteiger partial charge in [-0.1, -0.05) is 18.2 Å². The van der Waals surface area contributed by atoms with E-state index in [4.69, 9.17) is 10.7 Å². The summed E-state index contributed by atoms with van der Waals surface area (Å²) in [5, 5.41) is 1.06. The maximum absolute atomic E-state index is 12.1. The Hall–Kier alpha value is -1.38. The summed E-state index contributed by atoms with van der Waals surface area (Å²) < 4.78 is 46.5. The highest BCUT2D eigenvalue weighted by Crippen LogP contribution is 2.38. The van der Waals surface area contributed by atoms with E-state index in [1.54, 1.807) is 18.2 Å². The van der Waals surface area contributed by atoms with E-state index in [1.807, 2.05) is 0 Å². The number of hydrogen-bond donors (Lipinski definition) is 0. The van der Waals surface area contributed by atoms with Crippen LogP contribution < -0.4 is 0 Å². The number of halogens is 1. The number of nitrogens with zero attached hydrogens (tertiary/aromatic N) is 1. The van der Waals surface area contributed by atoms with Crippen molar-refractivity contribution >= 4 is 41.2 Å². The van der Waals surface area contributed by atoms with E-state index in [9.17, 15) is 21.6 Å². The number of carbonyl (C=O) groups is 1. The molecule has 118 valence electrons. The van der Waals surface area contributed by atoms with Gasteiger partial charge in [-0.05, 0) is 6.07 Å². The maximum Gasteiger partial charge on any atom is 0.232 e. The molecule has 1 aromatic rings. The van der Waals surface area contributed by atoms with Crippen molar-refractivity contribution in [3.05, 3.63) is 35.2 Å². The molecular weight excluding hydrogens is 350 g/mol. The van der Waals surface area contributed by atoms with Crippen molar-refractivity contribution in [3.63, 3.8) is 0 Å². The second kappa shape index (κ2) is 5.07. The fourth-order valence-electron chi connectivity index (χ4n) is 2.82. The molecule has 1 atom stereocenters. The third-order valence-corrected chi connectivity index (χ3v) is 6.42. The number of benzene rings is 1. The van der Waals surface area contributed by atoms with E-state index in [0.29, 0.717) is 11.3 Å². The molecule has 2 aliphatic rings. The van der Waals surface area contributed by atoms with Gasteiger partial charge in [0.1, 0.15) is 0 Å². The molecule has 0 saturated carbocycles. The molecule has 9 heteroatoms. The Morgan fingerprint density at radius 1 is 1.27 bits per heavy atom. The van der Waals surface area contributed by atoms with E-state index < -0.39 is 24.8 Å². The normalized spacial score (nSPS) is 23.5. The zero-order valence-corrected chi connectivity index (χ0v) is 13.7. The van der Waals surface area contributed by atoms with Crippen LogP contribution in [0.5, 0.6) is 0 Å². The van der Waals surface area contributed by atoms with E-state index in [2.05, 4.69) is 0 Å². The Morgan fingerprint density at radius 3 is 2.64 bits per heavy atom. The van der Waals surface area contributed by atoms with Crippen LogP contribution in [0.3, 0.4) is 0 Å². The smallest absolute Gasteiger partial charge is 0.232 e. The molecule has 2 aliphatic heterocycles. The summed E-state index contributed by atoms with van der Waals surface area (Å²) in [6, 6.07) is 6.41. The summed E-state index contributed by atoms with van der Waals surface area (Å²) in [6.45, 7) is 0.139. The molecule has 1 fully saturated rings. The number of likely N-dealkylation sites (tertiary alicyclic amines) is 1. The molecule has 0 aliphatic carbocycles. The molecule has 2 heterocycles. The van der Waals surface area contributed by atoms with Gasteiger partial charge in [0.05, 0.1) is 21.8 Å². The second-order valence-corrected chi connectivity index (χ2v) is 9.91. The lowest BCUT2D eigenvalue weighted by Crippen LogP contribution is -2.23. The van der Waals surface area contributed by atoms with Crippen LogP contribution in [0.1, 0.15) is 12.0 Å². The van der Waals surface area contributed by atoms with Crippen LogP contribution in [-0.4, -0.2) is 39.9 Å². The first-order valence-corrected chi connectivity index (χ1v) is 10.5. The fraction of sp³-hybridized carbons (Fsp3) is 0.308. The molecule has 0 bridgehead atoms. The van der Waals surface area contributed by atoms with Crippen LogP contribution in [0.4, 0.5) is 0 Å². The standard InChI is InChI=1S/C13H12ClNO5S2/c14-22(19,20)7-9-5-13(16)15(6-9)11-8-21(17,18)12-4-2-1-3-10(11)12/h1-4,8-9H,5-7H2. The molecular formula is C13H12ClNO5S2. The Morgan fingerprint density at radius 2 is 1.95 bits per heavy atom. The molecule has 0 aromatic heterocycles. The van der Waals surface area contributed by atoms with Crippen molar-refractivity contribution in [2.45, 2.75) is 11.3 Å². The lowest BCUT2D eigenvalue weighted by molar-refractivity contribution is -0.125. The molecule has 1 unspecified atom stereocenters. The molecule has 0 N–H and O–H groups in total. The Balaban J connectivity index is 1.95. The van der Waals surface area contributed by atoms with Crippen molar-refractivity contribution in [1.29, 1.82) is 0 Å². The van der Waals surface area contributed by atoms with Gasteiger partial charge in [-0.2, -0.15) is 0 Å². The van der Waals surface area contributed by atoms with E-state index in [-0.39, 0.29) is 29.5 Å². The largest absolute Gasteiger partial charge is 0.311 e. The minimum atomic E-state index is -3.71. The van der Waals surface area contributed by atoms with Crippen molar-refractivity contribution in [2.24, 2.45) is 5.92 Å². The van der Waals surface area contributed by atoms with Gasteiger partial charge in [0, 0.05) is 35.1 Å². The fourth-order valence-corrected chi connectivity index (χ4v) is 5.56. The minimum Gasteiger partial charge on any atom is -0.311 e. The molecule has 6 nitrogen and oxygen atoms in total. The molecule has 0 radical (unpaired) electrons. The predicted octanol–water partition coefficient (Wildman–Crippen LogP) is 1.19. The number of rotatable bonds is 3. The van der Waals surface area contributed by atoms with Crippen LogP contribution in [0, 0.1) is 5.92 Å². The number of carbonyl (C=O) groups excluding carboxylic acids is 1. The average Bonchev–Trinajstić information content (AvgIpc) is 2.86. The second-order valence-electron chi connectivity index (χ2n) is 5.32. The van der Waals surface area contributed by atoms with E-state index in [0.717, 1.165) is 5.41 Å². The number of hydrogen-bond acceptors (Lipinski definition) is 5. The molecule has 1 amide bonds. The third-order valence-electron chi connectivity index (χ3n) is 3.67. The Bertz CT molecular complexity index is 889. The van der Waals surface area contributed by atoms with Crippen molar-refractivity contribution < 1.29 is 21.6 Å². The van der Waals surface area contributed by atoms with Gasteiger partial charge in [0.25, 0.3) is 0 Å². The SMILES string of the molecule is O=C1CC(CS(=O)(=O)Cl)CN1C1=CS(=O)(=O)c2ccccc21. The topological polar surface area (TPSA) is 88.6 Å². The third kappa shape index (κ3) is 2.78. The first-order chi connectivity index (χ1) is 10.2. The number of sulfone groups is 1. The van der Waals surface area contributed by atoms with Crippen LogP contribution >= 0.6 is 10.7 Å². The lowest BCUT2D eigenvalue weighted by Gasteiger charge is -2.18. The van der Waals surface area contributed by atoms with Crippen LogP contribution in [0.25, 0.3) is 5.70 Å². The highest BCUT2D eigenvalue weighted by molar-refractivity contribution is 8.13. The minimum absolute atomic E-state index is 0.0332. The van der Waals surface area contributed by atoms with Crippen molar-refractivity contribution in [1.82, 2.24) is 4.90 Å². The van der Waals surface area contributed by atoms with Gasteiger partial charge in [-0.15, -0.1) is 0 Å². The van der Waals surface area contributed by atoms with Crippen molar-refractivity contribution in [2.75, 3.05) is 12.3 Å². The van der Waals surface area contributed by atoms with Crippen LogP contribution in [0.15, 0.2) is 34.6 Å². The number of fused-ring (bicyclic) bond motifs is 1. The van der Waals surface area contributed by atoms with Gasteiger partial charge in [-0.25, -0.2) is 16.8 Å². The van der Waals surface area contributed by atoms with Crippen LogP contribution in [-0.2, 0) is 23.7 Å². The van der Waals surface area contributed by atoms with Crippen molar-refractivity contribution in [3.8, 4) is 0 Å². The van der Waals surface area contributed by atoms with E-state index in [1.165, 1.54) is 11.0 Å². The highest BCUT2D eigenvalue weighted by atomic mass is 35.7. The summed E-state index contributed by atoms with van der Waals surface area (Å²) in [4.78, 5) is 13.6. The zero-order valence-electron chi connectivity index (χ0n) is 11.3. The maximum atomic E-state index is 12.1. The monoisotopic (exact) mass is 361 g/mol. The predicted molar refractivity (Wildman–Crippen MR) is 81.1 cm³/mol. The summed E-state index contributed by atoms with van der Waals surface area (Å²) in [5.74, 6) is -1.05. The first-order valence-electron chi connectivity index (χ1n) is 6.46. The number of amides is 1. The molecule has 0 spiro atoms. The Kier molecular flexibility index (Phi) is 3.58. The first kappa shape index (κ1) is 15.5. The summed E-state index contributed by atoms with van der Waals surface area (Å²) >= 11 is 0. The Labute approximate surface area is 132 Å². The summed E-state index contributed by atoms with van der Waals surface area (Å²) in [6.07, 6.45) is 0.0332. The van der Waals surface area contributed by atoms with Gasteiger partial charge in [0.2, 0.25) is 24.8 Å². The zero-order chi connectivity index (χ0) is 16.1. The van der Waals surface area contributed by atoms with Gasteiger partial charge in [0.15, 0.2) is 0 Å².